The summed E-state index contributed by atoms with van der Waals surface area (Å²) < 4.78 is 370. The number of hydrogen-bond acceptors (Lipinski definition) is 15. The van der Waals surface area contributed by atoms with Crippen LogP contribution in [0.3, 0.4) is 0 Å². The highest BCUT2D eigenvalue weighted by Crippen LogP contribution is 2.33. The van der Waals surface area contributed by atoms with Gasteiger partial charge in [0.25, 0.3) is 0 Å². The summed E-state index contributed by atoms with van der Waals surface area (Å²) >= 11 is 0. The largest absolute Gasteiger partial charge is 0.265 e. The fourth-order valence-electron chi connectivity index (χ4n) is 10.6. The molecule has 0 aliphatic carbocycles. The van der Waals surface area contributed by atoms with Crippen LogP contribution in [0.5, 0.6) is 0 Å². The molecule has 0 saturated carbocycles. The van der Waals surface area contributed by atoms with Gasteiger partial charge in [0.2, 0.25) is 0 Å². The number of hydrogen-bond donors (Lipinski definition) is 0. The molecule has 0 N–H and O–H groups in total. The van der Waals surface area contributed by atoms with Crippen LogP contribution in [0.4, 0.5) is 0 Å². The Balaban J connectivity index is 0.000000239. The summed E-state index contributed by atoms with van der Waals surface area (Å²) in [5.74, 6) is 0.630. The SMILES string of the molecule is [2H]C([2H])([2H])[Si](C)(c1cc(-c2ccccc2)nc(-c2ccccc2)n1)C([2H])([2H])[2H].[2H]C([2H])([2H])[Si](C)(c1cccnc1)C([2H])([2H])[2H].[2H]C([2H])([2H])[Si](C)(c1ccncc1)C([2H])([2H])[2H].[2H]C([2H])([2H])[Si](C)(c1ccncn1)C([2H])([2H])[2H].[2H]C([2H])([2H])[Si](C)(c1cncnc1)C([2H])([2H])[2H].[2H]C([2H])([2H])[Si](C)(c1nc(-c2ccccc2)cc(-c2ccccc2)n1)C([2H])([2H])[2H].[2H]C([2H])([2H])[Si](C)(c1nc(-c2ccccc2)nc(-c2ccccc2)c1-c1ccccc1)C([2H])([2H])[2H].[2H]C([2H])([2H])[Si](C)(c1ncncn1)C([2H])([2H])[2H]. The predicted octanol–water partition coefficient (Wildman–Crippen LogP) is 20.4. The quantitative estimate of drug-likeness (QED) is 0.0879. The fraction of sp³-hybridized carbons (Fsp3) is 0.242. The van der Waals surface area contributed by atoms with E-state index in [2.05, 4.69) is 64.8 Å². The highest BCUT2D eigenvalue weighted by molar-refractivity contribution is 6.91. The maximum absolute atomic E-state index is 8.36. The van der Waals surface area contributed by atoms with Crippen molar-refractivity contribution in [2.24, 2.45) is 0 Å². The molecule has 7 aromatic carbocycles. The van der Waals surface area contributed by atoms with E-state index in [9.17, 15) is 0 Å². The topological polar surface area (TPSA) is 193 Å². The normalized spacial score (nSPS) is 18.9. The van der Waals surface area contributed by atoms with Crippen molar-refractivity contribution in [1.29, 1.82) is 0 Å². The Morgan fingerprint density at radius 1 is 0.230 bits per heavy atom. The zero-order chi connectivity index (χ0) is 129. The monoisotopic (exact) mass is 1800 g/mol. The van der Waals surface area contributed by atoms with Gasteiger partial charge in [-0.3, -0.25) is 9.97 Å². The van der Waals surface area contributed by atoms with E-state index in [0.717, 1.165) is 34.9 Å². The number of aromatic nitrogens is 15. The maximum Gasteiger partial charge on any atom is 0.159 e. The number of rotatable bonds is 15. The smallest absolute Gasteiger partial charge is 0.159 e. The molecule has 8 heterocycles. The minimum Gasteiger partial charge on any atom is -0.265 e. The molecule has 0 spiro atoms. The van der Waals surface area contributed by atoms with Crippen molar-refractivity contribution < 1.29 is 65.8 Å². The maximum atomic E-state index is 8.36. The molecular formula is C99H125N15Si8. The summed E-state index contributed by atoms with van der Waals surface area (Å²) in [5.41, 5.74) is 7.48. The first-order valence-corrected chi connectivity index (χ1v) is 57.7. The zero-order valence-electron chi connectivity index (χ0n) is 116. The second kappa shape index (κ2) is 44.7. The number of pyridine rings is 2. The first kappa shape index (κ1) is 48.7. The molecule has 0 bridgehead atoms. The third-order valence-corrected chi connectivity index (χ3v) is 27.4. The second-order valence-corrected chi connectivity index (χ2v) is 50.9. The third-order valence-electron chi connectivity index (χ3n) is 16.8. The van der Waals surface area contributed by atoms with Crippen LogP contribution in [0, 0.1) is 0 Å². The molecule has 15 nitrogen and oxygen atoms in total. The first-order valence-electron chi connectivity index (χ1n) is 61.7. The molecule has 628 valence electrons. The van der Waals surface area contributed by atoms with Gasteiger partial charge < -0.3 is 0 Å². The molecule has 122 heavy (non-hydrogen) atoms. The van der Waals surface area contributed by atoms with Crippen molar-refractivity contribution in [3.8, 4) is 78.9 Å². The molecule has 15 rings (SSSR count). The van der Waals surface area contributed by atoms with Gasteiger partial charge in [-0.1, -0.05) is 380 Å². The molecule has 0 amide bonds. The van der Waals surface area contributed by atoms with Crippen molar-refractivity contribution in [1.82, 2.24) is 74.8 Å². The van der Waals surface area contributed by atoms with E-state index in [1.165, 1.54) is 139 Å². The van der Waals surface area contributed by atoms with Crippen LogP contribution < -0.4 is 42.4 Å². The van der Waals surface area contributed by atoms with E-state index in [1.54, 1.807) is 12.1 Å². The van der Waals surface area contributed by atoms with Gasteiger partial charge in [0, 0.05) is 164 Å². The molecule has 23 heteroatoms. The molecule has 8 aromatic heterocycles. The molecular weight excluding hydrogens is 1620 g/mol. The van der Waals surface area contributed by atoms with Gasteiger partial charge in [0.05, 0.1) is 47.0 Å². The summed E-state index contributed by atoms with van der Waals surface area (Å²) in [7, 11) is -30.6. The summed E-state index contributed by atoms with van der Waals surface area (Å²) in [5, 5.41) is 1.33. The van der Waals surface area contributed by atoms with Gasteiger partial charge in [0.15, 0.2) is 11.6 Å². The lowest BCUT2D eigenvalue weighted by Crippen LogP contribution is -2.42. The van der Waals surface area contributed by atoms with Gasteiger partial charge in [-0.25, -0.2) is 64.8 Å². The highest BCUT2D eigenvalue weighted by atomic mass is 28.3. The standard InChI is InChI=1S/C25H24N2Si.2C19H20N2Si.2C8H13NSi.2C7H12N2Si.C6H11N3Si/c1-28(2,3)25-22(19-13-7-4-8-14-19)23(20-15-9-5-10-16-20)26-24(27-25)21-17-11-6-12-18-21;1-22(2,3)18-14-17(15-10-6-4-7-11-15)20-19(21-18)16-12-8-5-9-13-16;1-22(2,3)19-20-17(15-10-6-4-7-11-15)14-18(21-19)16-12-8-5-9-13-16;1-10(2,3)8-4-6-9-7-5-8;1-10(2,3)8-5-4-6-9-7-8;1-10(2,3)7-4-8-6-9-5-7;1-10(2,3)7-4-5-8-6-9-7;1-10(2,3)6-8-4-7-5-9-6/h4-18H,1-3H3;2*4-14H,1-3H3;2*4-7H,1-3H3;2*4-6H,1-3H3;4-5H,1-3H3/i8*1D3,2D3. The third kappa shape index (κ3) is 31.5. The average molecular weight is 1800 g/mol. The van der Waals surface area contributed by atoms with E-state index in [1.807, 2.05) is 212 Å². The summed E-state index contributed by atoms with van der Waals surface area (Å²) in [6.45, 7) is -30.5. The van der Waals surface area contributed by atoms with E-state index in [-0.39, 0.29) is 32.0 Å². The number of nitrogens with zero attached hydrogens (tertiary/aromatic N) is 15. The van der Waals surface area contributed by atoms with E-state index < -0.39 is 168 Å². The van der Waals surface area contributed by atoms with Crippen molar-refractivity contribution in [2.75, 3.05) is 0 Å². The minimum atomic E-state index is -4.24. The molecule has 0 aliphatic heterocycles. The Labute approximate surface area is 803 Å². The molecule has 0 saturated heterocycles. The first-order chi connectivity index (χ1) is 77.6. The Morgan fingerprint density at radius 3 is 1.06 bits per heavy atom. The van der Waals surface area contributed by atoms with Crippen molar-refractivity contribution in [3.05, 3.63) is 323 Å². The van der Waals surface area contributed by atoms with Gasteiger partial charge in [-0.15, -0.1) is 0 Å². The summed E-state index contributed by atoms with van der Waals surface area (Å²) in [4.78, 5) is 61.0. The van der Waals surface area contributed by atoms with Crippen LogP contribution in [0.1, 0.15) is 65.8 Å². The van der Waals surface area contributed by atoms with E-state index >= 15 is 0 Å². The lowest BCUT2D eigenvalue weighted by molar-refractivity contribution is 1.08. The van der Waals surface area contributed by atoms with Crippen molar-refractivity contribution in [3.63, 3.8) is 0 Å². The Morgan fingerprint density at radius 2 is 0.615 bits per heavy atom. The van der Waals surface area contributed by atoms with Crippen LogP contribution in [0.2, 0.25) is 156 Å². The van der Waals surface area contributed by atoms with Gasteiger partial charge >= 0.3 is 0 Å². The molecule has 0 aliphatic rings. The molecule has 0 fully saturated rings. The van der Waals surface area contributed by atoms with Crippen LogP contribution in [-0.2, 0) is 0 Å². The Bertz CT molecular complexity index is 6730. The highest BCUT2D eigenvalue weighted by Gasteiger charge is 2.29. The van der Waals surface area contributed by atoms with Crippen molar-refractivity contribution in [2.45, 2.75) is 156 Å². The van der Waals surface area contributed by atoms with Gasteiger partial charge in [-0.05, 0) is 52.3 Å². The van der Waals surface area contributed by atoms with E-state index in [4.69, 9.17) is 75.8 Å². The predicted molar refractivity (Wildman–Crippen MR) is 540 cm³/mol. The minimum absolute atomic E-state index is 0.0762. The summed E-state index contributed by atoms with van der Waals surface area (Å²) in [6, 6.07) is 75.6. The van der Waals surface area contributed by atoms with Crippen LogP contribution >= 0.6 is 0 Å². The van der Waals surface area contributed by atoms with E-state index in [0.29, 0.717) is 67.1 Å². The van der Waals surface area contributed by atoms with Gasteiger partial charge in [0.1, 0.15) is 76.6 Å². The van der Waals surface area contributed by atoms with Gasteiger partial charge in [-0.2, -0.15) is 0 Å². The lowest BCUT2D eigenvalue weighted by atomic mass is 10.0. The van der Waals surface area contributed by atoms with Crippen LogP contribution in [0.25, 0.3) is 78.9 Å². The molecule has 0 atom stereocenters. The molecule has 0 unspecified atom stereocenters. The second-order valence-electron chi connectivity index (χ2n) is 28.8. The molecule has 15 aromatic rings. The van der Waals surface area contributed by atoms with Crippen molar-refractivity contribution >= 4 is 107 Å². The Kier molecular flexibility index (Phi) is 17.8. The summed E-state index contributed by atoms with van der Waals surface area (Å²) in [6.07, 6.45) is 14.3. The zero-order valence-corrected chi connectivity index (χ0v) is 76.3. The van der Waals surface area contributed by atoms with Crippen LogP contribution in [0.15, 0.2) is 323 Å². The lowest BCUT2D eigenvalue weighted by Gasteiger charge is -2.23. The average Bonchev–Trinajstić information content (AvgIpc) is 0.713. The Hall–Kier alpha value is -11.0. The molecule has 0 radical (unpaired) electrons. The number of benzene rings is 7. The van der Waals surface area contributed by atoms with Crippen LogP contribution in [-0.4, -0.2) is 139 Å². The fourth-order valence-corrected chi connectivity index (χ4v) is 16.7.